The van der Waals surface area contributed by atoms with Crippen LogP contribution in [0.15, 0.2) is 18.2 Å². The highest BCUT2D eigenvalue weighted by Gasteiger charge is 2.33. The van der Waals surface area contributed by atoms with Crippen LogP contribution in [-0.2, 0) is 4.79 Å². The van der Waals surface area contributed by atoms with E-state index in [2.05, 4.69) is 31.0 Å². The van der Waals surface area contributed by atoms with Crippen LogP contribution in [0.2, 0.25) is 0 Å². The van der Waals surface area contributed by atoms with E-state index < -0.39 is 0 Å². The number of anilines is 2. The Morgan fingerprint density at radius 1 is 1.36 bits per heavy atom. The molecule has 22 heavy (non-hydrogen) atoms. The summed E-state index contributed by atoms with van der Waals surface area (Å²) in [5.41, 5.74) is 8.46. The fourth-order valence-corrected chi connectivity index (χ4v) is 3.30. The molecule has 1 saturated heterocycles. The summed E-state index contributed by atoms with van der Waals surface area (Å²) in [7, 11) is 0. The summed E-state index contributed by atoms with van der Waals surface area (Å²) in [6, 6.07) is 6.08. The van der Waals surface area contributed by atoms with Crippen LogP contribution < -0.4 is 11.1 Å². The predicted molar refractivity (Wildman–Crippen MR) is 92.9 cm³/mol. The summed E-state index contributed by atoms with van der Waals surface area (Å²) in [5, 5.41) is 3.05. The summed E-state index contributed by atoms with van der Waals surface area (Å²) in [6.45, 7) is 9.44. The number of benzene rings is 1. The lowest BCUT2D eigenvalue weighted by molar-refractivity contribution is -0.124. The fraction of sp³-hybridized carbons (Fsp3) is 0.611. The number of nitrogens with two attached hydrogens (primary N) is 1. The lowest BCUT2D eigenvalue weighted by Crippen LogP contribution is -2.52. The quantitative estimate of drug-likeness (QED) is 0.838. The maximum atomic E-state index is 12.8. The molecule has 1 fully saturated rings. The van der Waals surface area contributed by atoms with Gasteiger partial charge in [-0.15, -0.1) is 0 Å². The summed E-state index contributed by atoms with van der Waals surface area (Å²) in [4.78, 5) is 15.2. The molecular formula is C18H29N3O. The van der Waals surface area contributed by atoms with Gasteiger partial charge in [0.2, 0.25) is 5.91 Å². The SMILES string of the molecule is Cc1ccc(NC(=O)C(C(C)C)N2CCCCC2C)cc1N. The van der Waals surface area contributed by atoms with Crippen LogP contribution in [0.3, 0.4) is 0 Å². The number of piperidine rings is 1. The molecule has 1 aliphatic heterocycles. The van der Waals surface area contributed by atoms with E-state index in [1.807, 2.05) is 25.1 Å². The van der Waals surface area contributed by atoms with Crippen LogP contribution in [0, 0.1) is 12.8 Å². The molecule has 1 aliphatic rings. The van der Waals surface area contributed by atoms with Crippen molar-refractivity contribution in [2.75, 3.05) is 17.6 Å². The van der Waals surface area contributed by atoms with Gasteiger partial charge in [0.15, 0.2) is 0 Å². The zero-order valence-corrected chi connectivity index (χ0v) is 14.2. The molecule has 1 heterocycles. The molecule has 0 aromatic heterocycles. The molecule has 2 rings (SSSR count). The number of likely N-dealkylation sites (tertiary alicyclic amines) is 1. The maximum absolute atomic E-state index is 12.8. The number of hydrogen-bond acceptors (Lipinski definition) is 3. The number of amides is 1. The molecule has 0 bridgehead atoms. The molecule has 0 spiro atoms. The van der Waals surface area contributed by atoms with Crippen molar-refractivity contribution in [3.05, 3.63) is 23.8 Å². The topological polar surface area (TPSA) is 58.4 Å². The maximum Gasteiger partial charge on any atom is 0.242 e. The molecule has 2 unspecified atom stereocenters. The molecule has 2 atom stereocenters. The first kappa shape index (κ1) is 16.8. The van der Waals surface area contributed by atoms with Gasteiger partial charge in [0.25, 0.3) is 0 Å². The first-order valence-corrected chi connectivity index (χ1v) is 8.33. The number of nitrogens with one attached hydrogen (secondary N) is 1. The molecule has 4 nitrogen and oxygen atoms in total. The lowest BCUT2D eigenvalue weighted by atomic mass is 9.94. The second-order valence-electron chi connectivity index (χ2n) is 6.83. The van der Waals surface area contributed by atoms with Gasteiger partial charge in [-0.2, -0.15) is 0 Å². The molecule has 0 radical (unpaired) electrons. The number of nitrogen functional groups attached to an aromatic ring is 1. The average Bonchev–Trinajstić information content (AvgIpc) is 2.45. The second kappa shape index (κ2) is 7.14. The summed E-state index contributed by atoms with van der Waals surface area (Å²) >= 11 is 0. The minimum absolute atomic E-state index is 0.0759. The monoisotopic (exact) mass is 303 g/mol. The number of rotatable bonds is 4. The molecule has 122 valence electrons. The third-order valence-electron chi connectivity index (χ3n) is 4.66. The summed E-state index contributed by atoms with van der Waals surface area (Å²) < 4.78 is 0. The van der Waals surface area contributed by atoms with Gasteiger partial charge in [0, 0.05) is 17.4 Å². The molecule has 0 saturated carbocycles. The molecule has 1 aromatic carbocycles. The zero-order chi connectivity index (χ0) is 16.3. The van der Waals surface area contributed by atoms with Crippen molar-refractivity contribution in [1.82, 2.24) is 4.90 Å². The standard InChI is InChI=1S/C18H29N3O/c1-12(2)17(21-10-6-5-7-14(21)4)18(22)20-15-9-8-13(3)16(19)11-15/h8-9,11-12,14,17H,5-7,10,19H2,1-4H3,(H,20,22). The second-order valence-corrected chi connectivity index (χ2v) is 6.83. The van der Waals surface area contributed by atoms with E-state index in [1.165, 1.54) is 19.3 Å². The summed E-state index contributed by atoms with van der Waals surface area (Å²) in [6.07, 6.45) is 3.62. The Balaban J connectivity index is 2.13. The Hall–Kier alpha value is -1.55. The normalized spacial score (nSPS) is 20.9. The van der Waals surface area contributed by atoms with Crippen molar-refractivity contribution < 1.29 is 4.79 Å². The minimum Gasteiger partial charge on any atom is -0.398 e. The highest BCUT2D eigenvalue weighted by Crippen LogP contribution is 2.24. The van der Waals surface area contributed by atoms with Crippen LogP contribution in [0.1, 0.15) is 45.6 Å². The largest absolute Gasteiger partial charge is 0.398 e. The van der Waals surface area contributed by atoms with Crippen LogP contribution in [0.5, 0.6) is 0 Å². The van der Waals surface area contributed by atoms with E-state index in [0.717, 1.165) is 17.8 Å². The van der Waals surface area contributed by atoms with E-state index in [9.17, 15) is 4.79 Å². The molecular weight excluding hydrogens is 274 g/mol. The number of nitrogens with zero attached hydrogens (tertiary/aromatic N) is 1. The number of aryl methyl sites for hydroxylation is 1. The van der Waals surface area contributed by atoms with E-state index in [-0.39, 0.29) is 17.9 Å². The van der Waals surface area contributed by atoms with Crippen LogP contribution >= 0.6 is 0 Å². The average molecular weight is 303 g/mol. The summed E-state index contributed by atoms with van der Waals surface area (Å²) in [5.74, 6) is 0.357. The van der Waals surface area contributed by atoms with Crippen LogP contribution in [0.25, 0.3) is 0 Å². The number of hydrogen-bond donors (Lipinski definition) is 2. The van der Waals surface area contributed by atoms with E-state index >= 15 is 0 Å². The van der Waals surface area contributed by atoms with Crippen molar-refractivity contribution in [2.24, 2.45) is 5.92 Å². The smallest absolute Gasteiger partial charge is 0.242 e. The molecule has 0 aliphatic carbocycles. The van der Waals surface area contributed by atoms with Crippen molar-refractivity contribution >= 4 is 17.3 Å². The Labute approximate surface area is 134 Å². The lowest BCUT2D eigenvalue weighted by Gasteiger charge is -2.40. The van der Waals surface area contributed by atoms with Gasteiger partial charge in [-0.1, -0.05) is 26.3 Å². The van der Waals surface area contributed by atoms with Crippen molar-refractivity contribution in [1.29, 1.82) is 0 Å². The molecule has 1 amide bonds. The first-order valence-electron chi connectivity index (χ1n) is 8.33. The van der Waals surface area contributed by atoms with Crippen LogP contribution in [-0.4, -0.2) is 29.4 Å². The molecule has 3 N–H and O–H groups in total. The van der Waals surface area contributed by atoms with Gasteiger partial charge in [-0.25, -0.2) is 0 Å². The first-order chi connectivity index (χ1) is 10.4. The zero-order valence-electron chi connectivity index (χ0n) is 14.2. The van der Waals surface area contributed by atoms with E-state index in [4.69, 9.17) is 5.73 Å². The molecule has 1 aromatic rings. The van der Waals surface area contributed by atoms with Crippen molar-refractivity contribution in [3.63, 3.8) is 0 Å². The van der Waals surface area contributed by atoms with Gasteiger partial charge in [-0.05, 0) is 56.8 Å². The fourth-order valence-electron chi connectivity index (χ4n) is 3.30. The number of carbonyl (C=O) groups excluding carboxylic acids is 1. The third kappa shape index (κ3) is 3.80. The van der Waals surface area contributed by atoms with E-state index in [1.54, 1.807) is 0 Å². The third-order valence-corrected chi connectivity index (χ3v) is 4.66. The Morgan fingerprint density at radius 3 is 2.68 bits per heavy atom. The van der Waals surface area contributed by atoms with Crippen molar-refractivity contribution in [3.8, 4) is 0 Å². The van der Waals surface area contributed by atoms with Gasteiger partial charge >= 0.3 is 0 Å². The Bertz CT molecular complexity index is 527. The highest BCUT2D eigenvalue weighted by atomic mass is 16.2. The molecule has 4 heteroatoms. The minimum atomic E-state index is -0.0853. The highest BCUT2D eigenvalue weighted by molar-refractivity contribution is 5.95. The number of carbonyl (C=O) groups is 1. The van der Waals surface area contributed by atoms with Gasteiger partial charge in [0.1, 0.15) is 0 Å². The Kier molecular flexibility index (Phi) is 5.46. The van der Waals surface area contributed by atoms with Gasteiger partial charge < -0.3 is 11.1 Å². The van der Waals surface area contributed by atoms with Gasteiger partial charge in [-0.3, -0.25) is 9.69 Å². The van der Waals surface area contributed by atoms with E-state index in [0.29, 0.717) is 11.7 Å². The predicted octanol–water partition coefficient (Wildman–Crippen LogP) is 3.41. The van der Waals surface area contributed by atoms with Crippen LogP contribution in [0.4, 0.5) is 11.4 Å². The Morgan fingerprint density at radius 2 is 2.09 bits per heavy atom. The van der Waals surface area contributed by atoms with Gasteiger partial charge in [0.05, 0.1) is 6.04 Å². The van der Waals surface area contributed by atoms with Crippen molar-refractivity contribution in [2.45, 2.75) is 59.0 Å².